The standard InChI is InChI=1S/C14H20F2N2/c1-18(2)14(10-5-7-17-8-6-10)12-9-11(15)3-4-13(12)16/h3-4,9-10,14,17H,5-8H2,1-2H3. The number of nitrogens with zero attached hydrogens (tertiary/aromatic N) is 1. The maximum Gasteiger partial charge on any atom is 0.128 e. The molecule has 0 aromatic heterocycles. The van der Waals surface area contributed by atoms with E-state index in [4.69, 9.17) is 0 Å². The van der Waals surface area contributed by atoms with Crippen molar-refractivity contribution in [3.63, 3.8) is 0 Å². The summed E-state index contributed by atoms with van der Waals surface area (Å²) in [6.07, 6.45) is 2.00. The molecule has 0 spiro atoms. The first-order valence-corrected chi connectivity index (χ1v) is 6.41. The topological polar surface area (TPSA) is 15.3 Å². The van der Waals surface area contributed by atoms with Crippen LogP contribution in [0.5, 0.6) is 0 Å². The van der Waals surface area contributed by atoms with Gasteiger partial charge in [-0.2, -0.15) is 0 Å². The second-order valence-electron chi connectivity index (χ2n) is 5.16. The molecule has 0 amide bonds. The lowest BCUT2D eigenvalue weighted by Crippen LogP contribution is -2.36. The number of rotatable bonds is 3. The summed E-state index contributed by atoms with van der Waals surface area (Å²) in [6.45, 7) is 1.90. The fraction of sp³-hybridized carbons (Fsp3) is 0.571. The molecule has 1 aliphatic rings. The summed E-state index contributed by atoms with van der Waals surface area (Å²) in [5.41, 5.74) is 0.479. The summed E-state index contributed by atoms with van der Waals surface area (Å²) in [5, 5.41) is 3.30. The van der Waals surface area contributed by atoms with Crippen LogP contribution in [-0.2, 0) is 0 Å². The number of piperidine rings is 1. The highest BCUT2D eigenvalue weighted by atomic mass is 19.1. The second-order valence-corrected chi connectivity index (χ2v) is 5.16. The molecule has 1 N–H and O–H groups in total. The van der Waals surface area contributed by atoms with Crippen molar-refractivity contribution in [1.29, 1.82) is 0 Å². The average molecular weight is 254 g/mol. The molecule has 1 aliphatic heterocycles. The second kappa shape index (κ2) is 5.76. The highest BCUT2D eigenvalue weighted by Gasteiger charge is 2.28. The molecule has 1 aromatic rings. The Labute approximate surface area is 107 Å². The Kier molecular flexibility index (Phi) is 4.30. The number of hydrogen-bond donors (Lipinski definition) is 1. The van der Waals surface area contributed by atoms with Crippen molar-refractivity contribution in [3.05, 3.63) is 35.4 Å². The Balaban J connectivity index is 2.31. The molecule has 1 atom stereocenters. The molecule has 1 unspecified atom stereocenters. The molecule has 0 radical (unpaired) electrons. The predicted octanol–water partition coefficient (Wildman–Crippen LogP) is 2.57. The monoisotopic (exact) mass is 254 g/mol. The Morgan fingerprint density at radius 3 is 2.50 bits per heavy atom. The van der Waals surface area contributed by atoms with Crippen LogP contribution in [0.4, 0.5) is 8.78 Å². The van der Waals surface area contributed by atoms with Gasteiger partial charge in [0.05, 0.1) is 0 Å². The minimum absolute atomic E-state index is 0.0530. The third-order valence-corrected chi connectivity index (χ3v) is 3.66. The zero-order chi connectivity index (χ0) is 13.1. The van der Waals surface area contributed by atoms with Crippen LogP contribution < -0.4 is 5.32 Å². The van der Waals surface area contributed by atoms with Gasteiger partial charge in [0.1, 0.15) is 11.6 Å². The number of halogens is 2. The highest BCUT2D eigenvalue weighted by Crippen LogP contribution is 2.34. The number of nitrogens with one attached hydrogen (secondary N) is 1. The minimum Gasteiger partial charge on any atom is -0.317 e. The maximum absolute atomic E-state index is 13.9. The van der Waals surface area contributed by atoms with Crippen molar-refractivity contribution in [2.75, 3.05) is 27.2 Å². The SMILES string of the molecule is CN(C)C(c1cc(F)ccc1F)C1CCNCC1. The van der Waals surface area contributed by atoms with Crippen LogP contribution in [0.15, 0.2) is 18.2 Å². The fourth-order valence-electron chi connectivity index (χ4n) is 2.85. The largest absolute Gasteiger partial charge is 0.317 e. The molecule has 0 saturated carbocycles. The van der Waals surface area contributed by atoms with Crippen molar-refractivity contribution in [2.24, 2.45) is 5.92 Å². The Bertz CT molecular complexity index is 401. The Morgan fingerprint density at radius 1 is 1.22 bits per heavy atom. The summed E-state index contributed by atoms with van der Waals surface area (Å²) in [7, 11) is 3.86. The van der Waals surface area contributed by atoms with E-state index in [1.807, 2.05) is 19.0 Å². The van der Waals surface area contributed by atoms with Gasteiger partial charge < -0.3 is 10.2 Å². The summed E-state index contributed by atoms with van der Waals surface area (Å²) < 4.78 is 27.3. The molecule has 0 bridgehead atoms. The van der Waals surface area contributed by atoms with Gasteiger partial charge in [-0.05, 0) is 64.1 Å². The molecule has 100 valence electrons. The van der Waals surface area contributed by atoms with Gasteiger partial charge in [0.15, 0.2) is 0 Å². The van der Waals surface area contributed by atoms with E-state index in [1.54, 1.807) is 0 Å². The fourth-order valence-corrected chi connectivity index (χ4v) is 2.85. The zero-order valence-corrected chi connectivity index (χ0v) is 10.9. The number of benzene rings is 1. The average Bonchev–Trinajstić information content (AvgIpc) is 2.35. The third-order valence-electron chi connectivity index (χ3n) is 3.66. The molecule has 2 rings (SSSR count). The third kappa shape index (κ3) is 2.87. The first-order valence-electron chi connectivity index (χ1n) is 6.41. The van der Waals surface area contributed by atoms with Gasteiger partial charge in [-0.15, -0.1) is 0 Å². The van der Waals surface area contributed by atoms with E-state index in [9.17, 15) is 8.78 Å². The van der Waals surface area contributed by atoms with Gasteiger partial charge in [0.2, 0.25) is 0 Å². The number of hydrogen-bond acceptors (Lipinski definition) is 2. The predicted molar refractivity (Wildman–Crippen MR) is 68.4 cm³/mol. The van der Waals surface area contributed by atoms with Crippen LogP contribution in [0, 0.1) is 17.6 Å². The van der Waals surface area contributed by atoms with Crippen LogP contribution in [-0.4, -0.2) is 32.1 Å². The molecule has 2 nitrogen and oxygen atoms in total. The van der Waals surface area contributed by atoms with E-state index in [2.05, 4.69) is 5.32 Å². The van der Waals surface area contributed by atoms with E-state index in [-0.39, 0.29) is 17.7 Å². The minimum atomic E-state index is -0.368. The van der Waals surface area contributed by atoms with Crippen molar-refractivity contribution < 1.29 is 8.78 Å². The van der Waals surface area contributed by atoms with E-state index in [0.717, 1.165) is 25.9 Å². The van der Waals surface area contributed by atoms with Gasteiger partial charge in [0.25, 0.3) is 0 Å². The normalized spacial score (nSPS) is 19.2. The van der Waals surface area contributed by atoms with Crippen molar-refractivity contribution in [2.45, 2.75) is 18.9 Å². The zero-order valence-electron chi connectivity index (χ0n) is 10.9. The lowest BCUT2D eigenvalue weighted by molar-refractivity contribution is 0.173. The van der Waals surface area contributed by atoms with Crippen LogP contribution in [0.2, 0.25) is 0 Å². The van der Waals surface area contributed by atoms with Gasteiger partial charge in [0, 0.05) is 11.6 Å². The first kappa shape index (κ1) is 13.4. The molecule has 1 fully saturated rings. The molecule has 1 saturated heterocycles. The Morgan fingerprint density at radius 2 is 1.89 bits per heavy atom. The van der Waals surface area contributed by atoms with Gasteiger partial charge in [-0.1, -0.05) is 0 Å². The highest BCUT2D eigenvalue weighted by molar-refractivity contribution is 5.23. The van der Waals surface area contributed by atoms with Crippen LogP contribution in [0.1, 0.15) is 24.4 Å². The lowest BCUT2D eigenvalue weighted by Gasteiger charge is -2.35. The summed E-state index contributed by atoms with van der Waals surface area (Å²) in [4.78, 5) is 1.99. The maximum atomic E-state index is 13.9. The van der Waals surface area contributed by atoms with Crippen molar-refractivity contribution in [1.82, 2.24) is 10.2 Å². The van der Waals surface area contributed by atoms with E-state index in [1.165, 1.54) is 18.2 Å². The summed E-state index contributed by atoms with van der Waals surface area (Å²) in [6, 6.07) is 3.68. The van der Waals surface area contributed by atoms with Crippen molar-refractivity contribution in [3.8, 4) is 0 Å². The van der Waals surface area contributed by atoms with Gasteiger partial charge in [-0.25, -0.2) is 8.78 Å². The molecule has 1 aromatic carbocycles. The lowest BCUT2D eigenvalue weighted by atomic mass is 9.85. The smallest absolute Gasteiger partial charge is 0.128 e. The van der Waals surface area contributed by atoms with E-state index >= 15 is 0 Å². The first-order chi connectivity index (χ1) is 8.59. The van der Waals surface area contributed by atoms with Gasteiger partial charge >= 0.3 is 0 Å². The summed E-state index contributed by atoms with van der Waals surface area (Å²) >= 11 is 0. The molecule has 1 heterocycles. The van der Waals surface area contributed by atoms with E-state index < -0.39 is 0 Å². The molecule has 0 aliphatic carbocycles. The van der Waals surface area contributed by atoms with Crippen LogP contribution in [0.25, 0.3) is 0 Å². The quantitative estimate of drug-likeness (QED) is 0.892. The van der Waals surface area contributed by atoms with Gasteiger partial charge in [-0.3, -0.25) is 0 Å². The van der Waals surface area contributed by atoms with Crippen molar-refractivity contribution >= 4 is 0 Å². The summed E-state index contributed by atoms with van der Waals surface area (Å²) in [5.74, 6) is -0.307. The molecule has 18 heavy (non-hydrogen) atoms. The Hall–Kier alpha value is -1.00. The molecule has 4 heteroatoms. The molecular formula is C14H20F2N2. The molecular weight excluding hydrogens is 234 g/mol. The van der Waals surface area contributed by atoms with Crippen LogP contribution >= 0.6 is 0 Å². The van der Waals surface area contributed by atoms with E-state index in [0.29, 0.717) is 11.5 Å². The van der Waals surface area contributed by atoms with Crippen LogP contribution in [0.3, 0.4) is 0 Å².